The van der Waals surface area contributed by atoms with Crippen molar-refractivity contribution in [2.24, 2.45) is 0 Å². The summed E-state index contributed by atoms with van der Waals surface area (Å²) in [6, 6.07) is 17.0. The highest BCUT2D eigenvalue weighted by Gasteiger charge is 2.12. The second kappa shape index (κ2) is 5.95. The highest BCUT2D eigenvalue weighted by Crippen LogP contribution is 2.29. The summed E-state index contributed by atoms with van der Waals surface area (Å²) in [6.45, 7) is 0. The first-order chi connectivity index (χ1) is 8.66. The van der Waals surface area contributed by atoms with Crippen LogP contribution in [0.2, 0.25) is 0 Å². The molecule has 0 fully saturated rings. The van der Waals surface area contributed by atoms with Gasteiger partial charge in [0.05, 0.1) is 5.25 Å². The molecule has 2 aromatic carbocycles. The molecule has 0 amide bonds. The Morgan fingerprint density at radius 3 is 2.00 bits per heavy atom. The quantitative estimate of drug-likeness (QED) is 0.582. The van der Waals surface area contributed by atoms with E-state index in [4.69, 9.17) is 14.7 Å². The van der Waals surface area contributed by atoms with Crippen LogP contribution in [0.3, 0.4) is 0 Å². The molecule has 0 aliphatic heterocycles. The van der Waals surface area contributed by atoms with E-state index in [9.17, 15) is 0 Å². The van der Waals surface area contributed by atoms with Crippen LogP contribution in [0.5, 0.6) is 5.75 Å². The summed E-state index contributed by atoms with van der Waals surface area (Å²) in [7, 11) is -1.79. The Bertz CT molecular complexity index is 487. The van der Waals surface area contributed by atoms with Gasteiger partial charge in [0.1, 0.15) is 5.75 Å². The van der Waals surface area contributed by atoms with Crippen LogP contribution in [0.15, 0.2) is 54.6 Å². The van der Waals surface area contributed by atoms with Gasteiger partial charge >= 0.3 is 7.32 Å². The van der Waals surface area contributed by atoms with E-state index in [0.29, 0.717) is 5.75 Å². The molecule has 0 bridgehead atoms. The van der Waals surface area contributed by atoms with Gasteiger partial charge in [-0.2, -0.15) is 12.6 Å². The van der Waals surface area contributed by atoms with Crippen molar-refractivity contribution in [1.29, 1.82) is 0 Å². The molecule has 0 saturated heterocycles. The molecule has 0 heterocycles. The lowest BCUT2D eigenvalue weighted by Crippen LogP contribution is -2.20. The molecular weight excluding hydrogens is 247 g/mol. The van der Waals surface area contributed by atoms with Gasteiger partial charge in [0, 0.05) is 0 Å². The molecule has 0 radical (unpaired) electrons. The topological polar surface area (TPSA) is 49.7 Å². The molecule has 2 N–H and O–H groups in total. The van der Waals surface area contributed by atoms with Crippen molar-refractivity contribution in [3.05, 3.63) is 65.7 Å². The Morgan fingerprint density at radius 2 is 1.44 bits per heavy atom. The molecule has 0 aliphatic rings. The maximum Gasteiger partial charge on any atom is 0.707 e. The van der Waals surface area contributed by atoms with Crippen molar-refractivity contribution >= 4 is 20.0 Å². The second-order valence-electron chi connectivity index (χ2n) is 3.83. The summed E-state index contributed by atoms with van der Waals surface area (Å²) in [5.74, 6) is 0.405. The van der Waals surface area contributed by atoms with Gasteiger partial charge < -0.3 is 14.7 Å². The molecular formula is C13H13BO3S. The van der Waals surface area contributed by atoms with E-state index in [0.717, 1.165) is 11.1 Å². The minimum absolute atomic E-state index is 0.0145. The van der Waals surface area contributed by atoms with Gasteiger partial charge in [0.15, 0.2) is 0 Å². The summed E-state index contributed by atoms with van der Waals surface area (Å²) < 4.78 is 4.74. The SMILES string of the molecule is OB(O)Oc1ccc(C(S)c2ccccc2)cc1. The molecule has 3 nitrogen and oxygen atoms in total. The van der Waals surface area contributed by atoms with Gasteiger partial charge in [-0.1, -0.05) is 42.5 Å². The fraction of sp³-hybridized carbons (Fsp3) is 0.0769. The van der Waals surface area contributed by atoms with Crippen LogP contribution in [-0.2, 0) is 0 Å². The van der Waals surface area contributed by atoms with Crippen molar-refractivity contribution in [1.82, 2.24) is 0 Å². The van der Waals surface area contributed by atoms with Crippen LogP contribution >= 0.6 is 12.6 Å². The lowest BCUT2D eigenvalue weighted by atomic mass is 10.0. The zero-order valence-corrected chi connectivity index (χ0v) is 10.5. The minimum atomic E-state index is -1.79. The molecule has 0 aliphatic carbocycles. The monoisotopic (exact) mass is 260 g/mol. The zero-order valence-electron chi connectivity index (χ0n) is 9.60. The van der Waals surface area contributed by atoms with Gasteiger partial charge in [-0.25, -0.2) is 0 Å². The number of hydrogen-bond donors (Lipinski definition) is 3. The lowest BCUT2D eigenvalue weighted by Gasteiger charge is -2.12. The average molecular weight is 260 g/mol. The summed E-state index contributed by atoms with van der Waals surface area (Å²) in [5.41, 5.74) is 2.13. The molecule has 1 unspecified atom stereocenters. The predicted octanol–water partition coefficient (Wildman–Crippen LogP) is 2.05. The Hall–Kier alpha value is -1.43. The highest BCUT2D eigenvalue weighted by molar-refractivity contribution is 7.80. The maximum absolute atomic E-state index is 8.68. The predicted molar refractivity (Wildman–Crippen MR) is 74.5 cm³/mol. The number of thiol groups is 1. The standard InChI is InChI=1S/C13H13BO3S/c15-14(16)17-12-8-6-11(7-9-12)13(18)10-4-2-1-3-5-10/h1-9,13,15-16,18H. The fourth-order valence-electron chi connectivity index (χ4n) is 1.68. The Kier molecular flexibility index (Phi) is 4.31. The summed E-state index contributed by atoms with van der Waals surface area (Å²) >= 11 is 4.57. The molecule has 5 heteroatoms. The molecule has 2 rings (SSSR count). The molecule has 0 spiro atoms. The normalized spacial score (nSPS) is 11.9. The van der Waals surface area contributed by atoms with Crippen LogP contribution in [0, 0.1) is 0 Å². The maximum atomic E-state index is 8.68. The Morgan fingerprint density at radius 1 is 0.889 bits per heavy atom. The van der Waals surface area contributed by atoms with Crippen molar-refractivity contribution in [2.45, 2.75) is 5.25 Å². The van der Waals surface area contributed by atoms with Gasteiger partial charge in [-0.05, 0) is 23.3 Å². The largest absolute Gasteiger partial charge is 0.707 e. The Labute approximate surface area is 112 Å². The number of benzene rings is 2. The summed E-state index contributed by atoms with van der Waals surface area (Å²) in [6.07, 6.45) is 0. The van der Waals surface area contributed by atoms with Gasteiger partial charge in [-0.3, -0.25) is 0 Å². The number of rotatable bonds is 4. The highest BCUT2D eigenvalue weighted by atomic mass is 32.1. The van der Waals surface area contributed by atoms with E-state index < -0.39 is 7.32 Å². The Balaban J connectivity index is 2.14. The smallest absolute Gasteiger partial charge is 0.512 e. The van der Waals surface area contributed by atoms with Gasteiger partial charge in [0.25, 0.3) is 0 Å². The number of hydrogen-bond acceptors (Lipinski definition) is 4. The van der Waals surface area contributed by atoms with E-state index >= 15 is 0 Å². The zero-order chi connectivity index (χ0) is 13.0. The second-order valence-corrected chi connectivity index (χ2v) is 4.34. The minimum Gasteiger partial charge on any atom is -0.512 e. The first-order valence-electron chi connectivity index (χ1n) is 5.52. The average Bonchev–Trinajstić information content (AvgIpc) is 2.39. The molecule has 18 heavy (non-hydrogen) atoms. The van der Waals surface area contributed by atoms with E-state index in [1.54, 1.807) is 12.1 Å². The third-order valence-corrected chi connectivity index (χ3v) is 3.15. The first kappa shape index (κ1) is 13.0. The van der Waals surface area contributed by atoms with E-state index in [1.165, 1.54) is 0 Å². The van der Waals surface area contributed by atoms with E-state index in [-0.39, 0.29) is 5.25 Å². The molecule has 0 aromatic heterocycles. The summed E-state index contributed by atoms with van der Waals surface area (Å²) in [4.78, 5) is 0. The van der Waals surface area contributed by atoms with Gasteiger partial charge in [0.2, 0.25) is 0 Å². The molecule has 2 aromatic rings. The van der Waals surface area contributed by atoms with Crippen LogP contribution in [0.1, 0.15) is 16.4 Å². The first-order valence-corrected chi connectivity index (χ1v) is 6.04. The molecule has 0 saturated carbocycles. The van der Waals surface area contributed by atoms with Crippen LogP contribution in [0.25, 0.3) is 0 Å². The van der Waals surface area contributed by atoms with Crippen molar-refractivity contribution < 1.29 is 14.7 Å². The molecule has 92 valence electrons. The van der Waals surface area contributed by atoms with Crippen LogP contribution < -0.4 is 4.65 Å². The van der Waals surface area contributed by atoms with Crippen molar-refractivity contribution in [3.8, 4) is 5.75 Å². The van der Waals surface area contributed by atoms with Crippen molar-refractivity contribution in [2.75, 3.05) is 0 Å². The van der Waals surface area contributed by atoms with Crippen molar-refractivity contribution in [3.63, 3.8) is 0 Å². The third kappa shape index (κ3) is 3.29. The third-order valence-electron chi connectivity index (χ3n) is 2.55. The lowest BCUT2D eigenvalue weighted by molar-refractivity contribution is 0.288. The van der Waals surface area contributed by atoms with Gasteiger partial charge in [-0.15, -0.1) is 0 Å². The fourth-order valence-corrected chi connectivity index (χ4v) is 2.02. The van der Waals surface area contributed by atoms with Crippen LogP contribution in [0.4, 0.5) is 0 Å². The summed E-state index contributed by atoms with van der Waals surface area (Å²) in [5, 5.41) is 17.3. The van der Waals surface area contributed by atoms with E-state index in [1.807, 2.05) is 42.5 Å². The van der Waals surface area contributed by atoms with Crippen LogP contribution in [-0.4, -0.2) is 17.4 Å². The molecule has 1 atom stereocenters. The van der Waals surface area contributed by atoms with E-state index in [2.05, 4.69) is 12.6 Å².